The highest BCUT2D eigenvalue weighted by atomic mass is 16.5. The van der Waals surface area contributed by atoms with Crippen LogP contribution in [0.5, 0.6) is 11.6 Å². The topological polar surface area (TPSA) is 108 Å². The first-order valence-electron chi connectivity index (χ1n) is 10.9. The molecule has 3 aromatic rings. The Balaban J connectivity index is 1.37. The summed E-state index contributed by atoms with van der Waals surface area (Å²) >= 11 is 0. The fourth-order valence-electron chi connectivity index (χ4n) is 3.93. The van der Waals surface area contributed by atoms with Crippen molar-refractivity contribution in [1.82, 2.24) is 15.2 Å². The summed E-state index contributed by atoms with van der Waals surface area (Å²) in [5.41, 5.74) is 2.67. The Hall–Kier alpha value is -3.42. The van der Waals surface area contributed by atoms with Crippen LogP contribution in [0.1, 0.15) is 42.7 Å². The Labute approximate surface area is 186 Å². The van der Waals surface area contributed by atoms with E-state index in [0.717, 1.165) is 11.1 Å². The van der Waals surface area contributed by atoms with Crippen molar-refractivity contribution in [2.75, 3.05) is 13.2 Å². The highest BCUT2D eigenvalue weighted by Gasteiger charge is 2.19. The molecule has 32 heavy (non-hydrogen) atoms. The van der Waals surface area contributed by atoms with Gasteiger partial charge in [0.25, 0.3) is 5.89 Å². The third-order valence-electron chi connectivity index (χ3n) is 5.62. The molecular formula is C24H27N3O5. The Morgan fingerprint density at radius 2 is 2.00 bits per heavy atom. The number of pyridine rings is 1. The summed E-state index contributed by atoms with van der Waals surface area (Å²) in [4.78, 5) is 15.0. The number of hydrogen-bond donors (Lipinski definition) is 1. The molecule has 0 atom stereocenters. The van der Waals surface area contributed by atoms with Crippen molar-refractivity contribution in [1.29, 1.82) is 0 Å². The second-order valence-electron chi connectivity index (χ2n) is 8.10. The van der Waals surface area contributed by atoms with Gasteiger partial charge >= 0.3 is 5.97 Å². The van der Waals surface area contributed by atoms with Crippen LogP contribution in [0.15, 0.2) is 40.9 Å². The van der Waals surface area contributed by atoms with Crippen LogP contribution in [0.4, 0.5) is 0 Å². The normalized spacial score (nSPS) is 13.9. The van der Waals surface area contributed by atoms with Crippen molar-refractivity contribution in [2.45, 2.75) is 45.4 Å². The molecule has 168 valence electrons. The standard InChI is InChI=1S/C24H27N3O5/c1-16-13-17(8-10-20(16)30-15-22(28)29)9-11-21-26-27-24(32-21)19-7-4-12-25-23(19)31-14-18-5-2-3-6-18/h4,7-8,10,12-13,18H,2-3,5-6,9,11,14-15H2,1H3,(H,28,29). The average molecular weight is 437 g/mol. The third kappa shape index (κ3) is 5.63. The van der Waals surface area contributed by atoms with E-state index in [1.807, 2.05) is 31.2 Å². The summed E-state index contributed by atoms with van der Waals surface area (Å²) in [7, 11) is 0. The fraction of sp³-hybridized carbons (Fsp3) is 0.417. The van der Waals surface area contributed by atoms with Gasteiger partial charge in [-0.2, -0.15) is 0 Å². The summed E-state index contributed by atoms with van der Waals surface area (Å²) in [5.74, 6) is 1.63. The predicted octanol–water partition coefficient (Wildman–Crippen LogP) is 4.26. The maximum atomic E-state index is 10.7. The van der Waals surface area contributed by atoms with Crippen LogP contribution in [0.3, 0.4) is 0 Å². The summed E-state index contributed by atoms with van der Waals surface area (Å²) in [6.07, 6.45) is 7.95. The van der Waals surface area contributed by atoms with Crippen molar-refractivity contribution in [3.63, 3.8) is 0 Å². The van der Waals surface area contributed by atoms with Gasteiger partial charge in [0.1, 0.15) is 11.3 Å². The first-order chi connectivity index (χ1) is 15.6. The summed E-state index contributed by atoms with van der Waals surface area (Å²) < 4.78 is 17.1. The second-order valence-corrected chi connectivity index (χ2v) is 8.10. The van der Waals surface area contributed by atoms with Crippen LogP contribution >= 0.6 is 0 Å². The third-order valence-corrected chi connectivity index (χ3v) is 5.62. The number of nitrogens with zero attached hydrogens (tertiary/aromatic N) is 3. The Bertz CT molecular complexity index is 1060. The number of aryl methyl sites for hydroxylation is 3. The summed E-state index contributed by atoms with van der Waals surface area (Å²) in [6.45, 7) is 2.20. The quantitative estimate of drug-likeness (QED) is 0.501. The number of aromatic nitrogens is 3. The Morgan fingerprint density at radius 1 is 1.16 bits per heavy atom. The molecular weight excluding hydrogens is 410 g/mol. The van der Waals surface area contributed by atoms with E-state index >= 15 is 0 Å². The van der Waals surface area contributed by atoms with Crippen LogP contribution in [-0.2, 0) is 17.6 Å². The van der Waals surface area contributed by atoms with Gasteiger partial charge in [-0.1, -0.05) is 25.0 Å². The molecule has 1 aromatic carbocycles. The van der Waals surface area contributed by atoms with Gasteiger partial charge in [0.05, 0.1) is 6.61 Å². The lowest BCUT2D eigenvalue weighted by Gasteiger charge is -2.12. The molecule has 1 fully saturated rings. The first-order valence-corrected chi connectivity index (χ1v) is 10.9. The van der Waals surface area contributed by atoms with E-state index in [0.29, 0.717) is 54.3 Å². The summed E-state index contributed by atoms with van der Waals surface area (Å²) in [5, 5.41) is 17.1. The largest absolute Gasteiger partial charge is 0.482 e. The molecule has 0 radical (unpaired) electrons. The van der Waals surface area contributed by atoms with E-state index in [-0.39, 0.29) is 6.61 Å². The molecule has 0 saturated heterocycles. The van der Waals surface area contributed by atoms with Crippen molar-refractivity contribution in [3.05, 3.63) is 53.5 Å². The van der Waals surface area contributed by atoms with Crippen LogP contribution in [0, 0.1) is 12.8 Å². The monoisotopic (exact) mass is 437 g/mol. The van der Waals surface area contributed by atoms with Crippen molar-refractivity contribution in [2.24, 2.45) is 5.92 Å². The average Bonchev–Trinajstić information content (AvgIpc) is 3.48. The van der Waals surface area contributed by atoms with Gasteiger partial charge in [0.15, 0.2) is 6.61 Å². The zero-order valence-corrected chi connectivity index (χ0v) is 18.1. The van der Waals surface area contributed by atoms with Gasteiger partial charge < -0.3 is 19.0 Å². The van der Waals surface area contributed by atoms with E-state index in [1.165, 1.54) is 25.7 Å². The highest BCUT2D eigenvalue weighted by molar-refractivity contribution is 5.68. The number of aliphatic carboxylic acids is 1. The number of rotatable bonds is 10. The van der Waals surface area contributed by atoms with Crippen LogP contribution in [0.25, 0.3) is 11.5 Å². The molecule has 1 saturated carbocycles. The molecule has 0 aliphatic heterocycles. The molecule has 0 spiro atoms. The second kappa shape index (κ2) is 10.3. The fourth-order valence-corrected chi connectivity index (χ4v) is 3.93. The van der Waals surface area contributed by atoms with E-state index in [1.54, 1.807) is 12.3 Å². The lowest BCUT2D eigenvalue weighted by atomic mass is 10.1. The van der Waals surface area contributed by atoms with E-state index in [2.05, 4.69) is 15.2 Å². The molecule has 1 aliphatic carbocycles. The molecule has 1 N–H and O–H groups in total. The first kappa shape index (κ1) is 21.8. The Kier molecular flexibility index (Phi) is 6.99. The molecule has 0 amide bonds. The molecule has 4 rings (SSSR count). The van der Waals surface area contributed by atoms with E-state index in [4.69, 9.17) is 19.0 Å². The zero-order chi connectivity index (χ0) is 22.3. The van der Waals surface area contributed by atoms with Crippen LogP contribution in [0.2, 0.25) is 0 Å². The van der Waals surface area contributed by atoms with Crippen LogP contribution < -0.4 is 9.47 Å². The minimum absolute atomic E-state index is 0.356. The molecule has 8 heteroatoms. The van der Waals surface area contributed by atoms with Gasteiger partial charge in [0, 0.05) is 12.6 Å². The molecule has 2 heterocycles. The minimum atomic E-state index is -0.999. The number of carboxylic acids is 1. The van der Waals surface area contributed by atoms with Gasteiger partial charge in [0.2, 0.25) is 11.8 Å². The number of hydrogen-bond acceptors (Lipinski definition) is 7. The molecule has 2 aromatic heterocycles. The molecule has 8 nitrogen and oxygen atoms in total. The minimum Gasteiger partial charge on any atom is -0.482 e. The SMILES string of the molecule is Cc1cc(CCc2nnc(-c3cccnc3OCC3CCCC3)o2)ccc1OCC(=O)O. The summed E-state index contributed by atoms with van der Waals surface area (Å²) in [6, 6.07) is 9.39. The van der Waals surface area contributed by atoms with E-state index < -0.39 is 5.97 Å². The number of carboxylic acid groups (broad SMARTS) is 1. The van der Waals surface area contributed by atoms with Gasteiger partial charge in [-0.05, 0) is 61.4 Å². The van der Waals surface area contributed by atoms with Gasteiger partial charge in [-0.15, -0.1) is 10.2 Å². The molecule has 0 bridgehead atoms. The number of carbonyl (C=O) groups is 1. The number of benzene rings is 1. The number of ether oxygens (including phenoxy) is 2. The maximum Gasteiger partial charge on any atom is 0.341 e. The molecule has 1 aliphatic rings. The lowest BCUT2D eigenvalue weighted by Crippen LogP contribution is -2.10. The lowest BCUT2D eigenvalue weighted by molar-refractivity contribution is -0.139. The smallest absolute Gasteiger partial charge is 0.341 e. The molecule has 0 unspecified atom stereocenters. The van der Waals surface area contributed by atoms with Crippen molar-refractivity contribution in [3.8, 4) is 23.1 Å². The van der Waals surface area contributed by atoms with Gasteiger partial charge in [-0.25, -0.2) is 9.78 Å². The maximum absolute atomic E-state index is 10.7. The predicted molar refractivity (Wildman–Crippen MR) is 117 cm³/mol. The Morgan fingerprint density at radius 3 is 2.78 bits per heavy atom. The van der Waals surface area contributed by atoms with Crippen molar-refractivity contribution >= 4 is 5.97 Å². The highest BCUT2D eigenvalue weighted by Crippen LogP contribution is 2.30. The zero-order valence-electron chi connectivity index (χ0n) is 18.1. The van der Waals surface area contributed by atoms with E-state index in [9.17, 15) is 4.79 Å². The van der Waals surface area contributed by atoms with Gasteiger partial charge in [-0.3, -0.25) is 0 Å². The van der Waals surface area contributed by atoms with Crippen LogP contribution in [-0.4, -0.2) is 39.5 Å². The van der Waals surface area contributed by atoms with Crippen molar-refractivity contribution < 1.29 is 23.8 Å².